The molecule has 0 spiro atoms. The van der Waals surface area contributed by atoms with Crippen LogP contribution in [-0.4, -0.2) is 17.5 Å². The van der Waals surface area contributed by atoms with E-state index in [0.717, 1.165) is 0 Å². The quantitative estimate of drug-likeness (QED) is 0.357. The van der Waals surface area contributed by atoms with Gasteiger partial charge < -0.3 is 9.47 Å². The molecule has 1 atom stereocenters. The van der Waals surface area contributed by atoms with Crippen molar-refractivity contribution in [1.82, 2.24) is 0 Å². The van der Waals surface area contributed by atoms with Gasteiger partial charge in [0.1, 0.15) is 5.75 Å². The molecule has 1 rings (SSSR count). The minimum absolute atomic E-state index is 0.300. The first-order valence-corrected chi connectivity index (χ1v) is 5.61. The second-order valence-electron chi connectivity index (χ2n) is 3.67. The predicted octanol–water partition coefficient (Wildman–Crippen LogP) is 2.91. The van der Waals surface area contributed by atoms with Crippen LogP contribution < -0.4 is 4.74 Å². The van der Waals surface area contributed by atoms with Crippen molar-refractivity contribution in [2.45, 2.75) is 20.1 Å². The van der Waals surface area contributed by atoms with Gasteiger partial charge >= 0.3 is 5.97 Å². The fourth-order valence-corrected chi connectivity index (χ4v) is 1.26. The van der Waals surface area contributed by atoms with E-state index in [-0.39, 0.29) is 0 Å². The smallest absolute Gasteiger partial charge is 0.336 e. The van der Waals surface area contributed by atoms with E-state index in [1.54, 1.807) is 26.0 Å². The molecule has 5 heteroatoms. The molecular weight excluding hydrogens is 256 g/mol. The van der Waals surface area contributed by atoms with Crippen LogP contribution in [0.25, 0.3) is 0 Å². The Balaban J connectivity index is 2.59. The minimum Gasteiger partial charge on any atom is -0.455 e. The molecule has 0 fully saturated rings. The molecule has 0 amide bonds. The molecular formula is C13H13ClO4. The predicted molar refractivity (Wildman–Crippen MR) is 67.6 cm³/mol. The largest absolute Gasteiger partial charge is 0.455 e. The maximum atomic E-state index is 11.2. The fourth-order valence-electron chi connectivity index (χ4n) is 1.13. The Morgan fingerprint density at radius 1 is 1.28 bits per heavy atom. The molecule has 0 N–H and O–H groups in total. The Bertz CT molecular complexity index is 464. The van der Waals surface area contributed by atoms with E-state index < -0.39 is 17.5 Å². The number of benzene rings is 1. The number of carbonyl (C=O) groups is 2. The first-order chi connectivity index (χ1) is 8.40. The van der Waals surface area contributed by atoms with Gasteiger partial charge in [-0.15, -0.1) is 0 Å². The van der Waals surface area contributed by atoms with Gasteiger partial charge in [-0.3, -0.25) is 4.79 Å². The molecule has 18 heavy (non-hydrogen) atoms. The number of halogens is 1. The number of ether oxygens (including phenoxy) is 2. The van der Waals surface area contributed by atoms with Crippen molar-refractivity contribution in [3.05, 3.63) is 42.0 Å². The summed E-state index contributed by atoms with van der Waals surface area (Å²) in [5.74, 6) is -0.0475. The standard InChI is InChI=1S/C13H13ClO4/c1-8(2)13(16)18-9(3)17-11-6-4-10(5-7-11)12(14)15/h4-7,9H,1H2,2-3H3. The van der Waals surface area contributed by atoms with Crippen LogP contribution in [0.1, 0.15) is 24.2 Å². The maximum Gasteiger partial charge on any atom is 0.336 e. The highest BCUT2D eigenvalue weighted by Gasteiger charge is 2.11. The molecule has 0 aliphatic rings. The monoisotopic (exact) mass is 268 g/mol. The van der Waals surface area contributed by atoms with Crippen LogP contribution in [0.3, 0.4) is 0 Å². The summed E-state index contributed by atoms with van der Waals surface area (Å²) >= 11 is 5.31. The molecule has 0 radical (unpaired) electrons. The summed E-state index contributed by atoms with van der Waals surface area (Å²) in [6.07, 6.45) is -0.744. The van der Waals surface area contributed by atoms with E-state index in [1.165, 1.54) is 12.1 Å². The molecule has 0 bridgehead atoms. The highest BCUT2D eigenvalue weighted by molar-refractivity contribution is 6.67. The van der Waals surface area contributed by atoms with Crippen LogP contribution in [0.2, 0.25) is 0 Å². The topological polar surface area (TPSA) is 52.6 Å². The van der Waals surface area contributed by atoms with Gasteiger partial charge in [-0.1, -0.05) is 6.58 Å². The lowest BCUT2D eigenvalue weighted by Crippen LogP contribution is -2.21. The normalized spacial score (nSPS) is 11.5. The number of hydrogen-bond acceptors (Lipinski definition) is 4. The van der Waals surface area contributed by atoms with Gasteiger partial charge in [-0.2, -0.15) is 0 Å². The molecule has 96 valence electrons. The first kappa shape index (κ1) is 14.3. The summed E-state index contributed by atoms with van der Waals surface area (Å²) in [5, 5.41) is -0.539. The van der Waals surface area contributed by atoms with E-state index in [1.807, 2.05) is 0 Å². The second kappa shape index (κ2) is 6.21. The van der Waals surface area contributed by atoms with Crippen LogP contribution in [0.5, 0.6) is 5.75 Å². The molecule has 0 saturated heterocycles. The zero-order chi connectivity index (χ0) is 13.7. The summed E-state index contributed by atoms with van der Waals surface area (Å²) < 4.78 is 10.3. The van der Waals surface area contributed by atoms with Crippen LogP contribution >= 0.6 is 11.6 Å². The van der Waals surface area contributed by atoms with Crippen molar-refractivity contribution in [2.75, 3.05) is 0 Å². The summed E-state index contributed by atoms with van der Waals surface area (Å²) in [6, 6.07) is 6.19. The Morgan fingerprint density at radius 2 is 1.83 bits per heavy atom. The van der Waals surface area contributed by atoms with E-state index in [4.69, 9.17) is 21.1 Å². The average Bonchev–Trinajstić information content (AvgIpc) is 2.29. The average molecular weight is 269 g/mol. The number of rotatable bonds is 5. The zero-order valence-electron chi connectivity index (χ0n) is 10.1. The van der Waals surface area contributed by atoms with Crippen LogP contribution in [0.4, 0.5) is 0 Å². The first-order valence-electron chi connectivity index (χ1n) is 5.23. The minimum atomic E-state index is -0.744. The molecule has 0 aliphatic carbocycles. The van der Waals surface area contributed by atoms with Crippen molar-refractivity contribution in [1.29, 1.82) is 0 Å². The number of carbonyl (C=O) groups excluding carboxylic acids is 2. The van der Waals surface area contributed by atoms with Crippen LogP contribution in [0.15, 0.2) is 36.4 Å². The lowest BCUT2D eigenvalue weighted by Gasteiger charge is -2.15. The third kappa shape index (κ3) is 4.22. The van der Waals surface area contributed by atoms with E-state index in [2.05, 4.69) is 6.58 Å². The van der Waals surface area contributed by atoms with Gasteiger partial charge in [-0.25, -0.2) is 4.79 Å². The Labute approximate surface area is 110 Å². The van der Waals surface area contributed by atoms with Gasteiger partial charge in [0.2, 0.25) is 6.29 Å². The molecule has 0 heterocycles. The molecule has 4 nitrogen and oxygen atoms in total. The van der Waals surface area contributed by atoms with Crippen LogP contribution in [0, 0.1) is 0 Å². The number of esters is 1. The van der Waals surface area contributed by atoms with Crippen molar-refractivity contribution in [3.63, 3.8) is 0 Å². The summed E-state index contributed by atoms with van der Waals surface area (Å²) in [4.78, 5) is 22.1. The SMILES string of the molecule is C=C(C)C(=O)OC(C)Oc1ccc(C(=O)Cl)cc1. The Kier molecular flexibility index (Phi) is 4.92. The summed E-state index contributed by atoms with van der Waals surface area (Å²) in [7, 11) is 0. The Hall–Kier alpha value is -1.81. The zero-order valence-corrected chi connectivity index (χ0v) is 10.9. The second-order valence-corrected chi connectivity index (χ2v) is 4.01. The van der Waals surface area contributed by atoms with Crippen molar-refractivity contribution >= 4 is 22.8 Å². The molecule has 0 aromatic heterocycles. The third-order valence-corrected chi connectivity index (χ3v) is 2.22. The van der Waals surface area contributed by atoms with Gasteiger partial charge in [0.05, 0.1) is 0 Å². The fraction of sp³-hybridized carbons (Fsp3) is 0.231. The third-order valence-electron chi connectivity index (χ3n) is 2.00. The molecule has 1 unspecified atom stereocenters. The molecule has 0 aliphatic heterocycles. The van der Waals surface area contributed by atoms with E-state index in [0.29, 0.717) is 16.9 Å². The van der Waals surface area contributed by atoms with E-state index >= 15 is 0 Å². The van der Waals surface area contributed by atoms with Crippen molar-refractivity contribution in [3.8, 4) is 5.75 Å². The highest BCUT2D eigenvalue weighted by Crippen LogP contribution is 2.15. The number of hydrogen-bond donors (Lipinski definition) is 0. The Morgan fingerprint density at radius 3 is 2.28 bits per heavy atom. The van der Waals surface area contributed by atoms with Gasteiger partial charge in [0, 0.05) is 18.1 Å². The summed E-state index contributed by atoms with van der Waals surface area (Å²) in [6.45, 7) is 6.60. The molecule has 0 saturated carbocycles. The summed E-state index contributed by atoms with van der Waals surface area (Å²) in [5.41, 5.74) is 0.670. The van der Waals surface area contributed by atoms with Gasteiger partial charge in [-0.05, 0) is 42.8 Å². The van der Waals surface area contributed by atoms with Crippen molar-refractivity contribution in [2.24, 2.45) is 0 Å². The van der Waals surface area contributed by atoms with E-state index in [9.17, 15) is 9.59 Å². The lowest BCUT2D eigenvalue weighted by atomic mass is 10.2. The van der Waals surface area contributed by atoms with Gasteiger partial charge in [0.15, 0.2) is 0 Å². The van der Waals surface area contributed by atoms with Gasteiger partial charge in [0.25, 0.3) is 5.24 Å². The lowest BCUT2D eigenvalue weighted by molar-refractivity contribution is -0.156. The van der Waals surface area contributed by atoms with Crippen molar-refractivity contribution < 1.29 is 19.1 Å². The molecule has 1 aromatic rings. The highest BCUT2D eigenvalue weighted by atomic mass is 35.5. The maximum absolute atomic E-state index is 11.2. The van der Waals surface area contributed by atoms with Crippen LogP contribution in [-0.2, 0) is 9.53 Å². The molecule has 1 aromatic carbocycles.